The van der Waals surface area contributed by atoms with Crippen LogP contribution < -0.4 is 5.32 Å². The minimum absolute atomic E-state index is 0.0558. The predicted molar refractivity (Wildman–Crippen MR) is 92.3 cm³/mol. The molecule has 0 saturated carbocycles. The van der Waals surface area contributed by atoms with E-state index in [1.165, 1.54) is 5.56 Å². The zero-order chi connectivity index (χ0) is 15.1. The smallest absolute Gasteiger partial charge is 0.225 e. The van der Waals surface area contributed by atoms with Gasteiger partial charge in [-0.05, 0) is 23.8 Å². The van der Waals surface area contributed by atoms with Crippen LogP contribution in [0.4, 0.5) is 5.69 Å². The van der Waals surface area contributed by atoms with Gasteiger partial charge in [0, 0.05) is 22.9 Å². The Morgan fingerprint density at radius 2 is 1.86 bits per heavy atom. The van der Waals surface area contributed by atoms with Crippen LogP contribution in [0.1, 0.15) is 12.0 Å². The van der Waals surface area contributed by atoms with Crippen molar-refractivity contribution in [3.8, 4) is 0 Å². The monoisotopic (exact) mass is 339 g/mol. The van der Waals surface area contributed by atoms with E-state index >= 15 is 0 Å². The van der Waals surface area contributed by atoms with Gasteiger partial charge in [-0.1, -0.05) is 53.5 Å². The first-order valence-corrected chi connectivity index (χ1v) is 8.43. The molecule has 0 heterocycles. The maximum Gasteiger partial charge on any atom is 0.225 e. The lowest BCUT2D eigenvalue weighted by atomic mass is 10.2. The van der Waals surface area contributed by atoms with Crippen LogP contribution in [0.25, 0.3) is 0 Å². The van der Waals surface area contributed by atoms with E-state index in [1.54, 1.807) is 30.0 Å². The van der Waals surface area contributed by atoms with Crippen molar-refractivity contribution in [2.45, 2.75) is 12.2 Å². The van der Waals surface area contributed by atoms with Crippen molar-refractivity contribution in [2.24, 2.45) is 0 Å². The summed E-state index contributed by atoms with van der Waals surface area (Å²) in [4.78, 5) is 11.9. The predicted octanol–water partition coefficient (Wildman–Crippen LogP) is 5.26. The fourth-order valence-electron chi connectivity index (χ4n) is 1.74. The van der Waals surface area contributed by atoms with E-state index in [-0.39, 0.29) is 5.91 Å². The van der Waals surface area contributed by atoms with Gasteiger partial charge in [0.25, 0.3) is 0 Å². The highest BCUT2D eigenvalue weighted by Crippen LogP contribution is 2.25. The third-order valence-electron chi connectivity index (χ3n) is 2.79. The molecule has 1 amide bonds. The van der Waals surface area contributed by atoms with Crippen LogP contribution in [0.5, 0.6) is 0 Å². The number of hydrogen-bond donors (Lipinski definition) is 1. The van der Waals surface area contributed by atoms with Crippen LogP contribution in [0.3, 0.4) is 0 Å². The van der Waals surface area contributed by atoms with Crippen LogP contribution in [0.15, 0.2) is 48.5 Å². The molecule has 2 nitrogen and oxygen atoms in total. The highest BCUT2D eigenvalue weighted by atomic mass is 35.5. The number of hydrogen-bond acceptors (Lipinski definition) is 2. The first-order valence-electron chi connectivity index (χ1n) is 6.52. The first kappa shape index (κ1) is 16.2. The van der Waals surface area contributed by atoms with Crippen LogP contribution in [-0.4, -0.2) is 11.7 Å². The first-order chi connectivity index (χ1) is 10.1. The molecule has 0 saturated heterocycles. The molecule has 0 spiro atoms. The molecular formula is C16H15Cl2NOS. The van der Waals surface area contributed by atoms with Gasteiger partial charge in [0.05, 0.1) is 10.7 Å². The van der Waals surface area contributed by atoms with E-state index in [2.05, 4.69) is 17.4 Å². The highest BCUT2D eigenvalue weighted by Gasteiger charge is 2.06. The standard InChI is InChI=1S/C16H15Cl2NOS/c17-13-6-7-14(18)15(10-13)19-16(20)8-9-21-11-12-4-2-1-3-5-12/h1-7,10H,8-9,11H2,(H,19,20). The summed E-state index contributed by atoms with van der Waals surface area (Å²) in [5, 5.41) is 3.82. The molecule has 2 rings (SSSR count). The van der Waals surface area contributed by atoms with Gasteiger partial charge >= 0.3 is 0 Å². The number of anilines is 1. The molecule has 0 aliphatic rings. The van der Waals surface area contributed by atoms with Crippen molar-refractivity contribution in [3.05, 3.63) is 64.1 Å². The molecular weight excluding hydrogens is 325 g/mol. The Balaban J connectivity index is 1.74. The van der Waals surface area contributed by atoms with Crippen LogP contribution >= 0.6 is 35.0 Å². The summed E-state index contributed by atoms with van der Waals surface area (Å²) < 4.78 is 0. The zero-order valence-corrected chi connectivity index (χ0v) is 13.6. The largest absolute Gasteiger partial charge is 0.325 e. The number of benzene rings is 2. The fraction of sp³-hybridized carbons (Fsp3) is 0.188. The van der Waals surface area contributed by atoms with Gasteiger partial charge in [-0.2, -0.15) is 11.8 Å². The molecule has 0 bridgehead atoms. The third kappa shape index (κ3) is 5.62. The molecule has 2 aromatic rings. The Kier molecular flexibility index (Phi) is 6.43. The Bertz CT molecular complexity index is 604. The number of carbonyl (C=O) groups is 1. The molecule has 0 radical (unpaired) electrons. The topological polar surface area (TPSA) is 29.1 Å². The maximum absolute atomic E-state index is 11.9. The Labute approximate surface area is 138 Å². The van der Waals surface area contributed by atoms with E-state index in [1.807, 2.05) is 18.2 Å². The van der Waals surface area contributed by atoms with Crippen molar-refractivity contribution in [3.63, 3.8) is 0 Å². The molecule has 1 N–H and O–H groups in total. The lowest BCUT2D eigenvalue weighted by Gasteiger charge is -2.07. The molecule has 110 valence electrons. The van der Waals surface area contributed by atoms with E-state index in [9.17, 15) is 4.79 Å². The summed E-state index contributed by atoms with van der Waals surface area (Å²) in [5.74, 6) is 1.62. The number of halogens is 2. The van der Waals surface area contributed by atoms with Crippen molar-refractivity contribution >= 4 is 46.6 Å². The summed E-state index contributed by atoms with van der Waals surface area (Å²) in [6, 6.07) is 15.2. The van der Waals surface area contributed by atoms with Crippen molar-refractivity contribution in [1.29, 1.82) is 0 Å². The summed E-state index contributed by atoms with van der Waals surface area (Å²) in [5.41, 5.74) is 1.82. The van der Waals surface area contributed by atoms with Gasteiger partial charge in [0.1, 0.15) is 0 Å². The van der Waals surface area contributed by atoms with Gasteiger partial charge < -0.3 is 5.32 Å². The quantitative estimate of drug-likeness (QED) is 0.727. The molecule has 0 aromatic heterocycles. The maximum atomic E-state index is 11.9. The number of amides is 1. The van der Waals surface area contributed by atoms with Gasteiger partial charge in [0.2, 0.25) is 5.91 Å². The third-order valence-corrected chi connectivity index (χ3v) is 4.38. The van der Waals surface area contributed by atoms with E-state index < -0.39 is 0 Å². The van der Waals surface area contributed by atoms with Crippen molar-refractivity contribution in [2.75, 3.05) is 11.1 Å². The molecule has 5 heteroatoms. The summed E-state index contributed by atoms with van der Waals surface area (Å²) in [6.07, 6.45) is 0.445. The summed E-state index contributed by atoms with van der Waals surface area (Å²) in [6.45, 7) is 0. The van der Waals surface area contributed by atoms with E-state index in [0.717, 1.165) is 11.5 Å². The fourth-order valence-corrected chi connectivity index (χ4v) is 2.97. The average molecular weight is 340 g/mol. The molecule has 0 unspecified atom stereocenters. The van der Waals surface area contributed by atoms with E-state index in [0.29, 0.717) is 22.2 Å². The second-order valence-electron chi connectivity index (χ2n) is 4.46. The second kappa shape index (κ2) is 8.32. The van der Waals surface area contributed by atoms with Crippen molar-refractivity contribution in [1.82, 2.24) is 0 Å². The Hall–Kier alpha value is -1.16. The molecule has 0 fully saturated rings. The van der Waals surface area contributed by atoms with Gasteiger partial charge in [-0.25, -0.2) is 0 Å². The number of nitrogens with one attached hydrogen (secondary N) is 1. The molecule has 0 aliphatic carbocycles. The van der Waals surface area contributed by atoms with Gasteiger partial charge in [0.15, 0.2) is 0 Å². The minimum Gasteiger partial charge on any atom is -0.325 e. The number of rotatable bonds is 6. The number of carbonyl (C=O) groups excluding carboxylic acids is 1. The minimum atomic E-state index is -0.0558. The van der Waals surface area contributed by atoms with Crippen LogP contribution in [0, 0.1) is 0 Å². The molecule has 0 atom stereocenters. The summed E-state index contributed by atoms with van der Waals surface area (Å²) >= 11 is 13.6. The normalized spacial score (nSPS) is 10.4. The molecule has 21 heavy (non-hydrogen) atoms. The lowest BCUT2D eigenvalue weighted by Crippen LogP contribution is -2.12. The molecule has 2 aromatic carbocycles. The Morgan fingerprint density at radius 3 is 2.62 bits per heavy atom. The lowest BCUT2D eigenvalue weighted by molar-refractivity contribution is -0.115. The average Bonchev–Trinajstić information content (AvgIpc) is 2.48. The second-order valence-corrected chi connectivity index (χ2v) is 6.41. The van der Waals surface area contributed by atoms with Gasteiger partial charge in [-0.3, -0.25) is 4.79 Å². The van der Waals surface area contributed by atoms with Gasteiger partial charge in [-0.15, -0.1) is 0 Å². The van der Waals surface area contributed by atoms with Crippen molar-refractivity contribution < 1.29 is 4.79 Å². The molecule has 0 aliphatic heterocycles. The van der Waals surface area contributed by atoms with Crippen LogP contribution in [-0.2, 0) is 10.5 Å². The summed E-state index contributed by atoms with van der Waals surface area (Å²) in [7, 11) is 0. The highest BCUT2D eigenvalue weighted by molar-refractivity contribution is 7.98. The number of thioether (sulfide) groups is 1. The SMILES string of the molecule is O=C(CCSCc1ccccc1)Nc1cc(Cl)ccc1Cl. The Morgan fingerprint density at radius 1 is 1.10 bits per heavy atom. The van der Waals surface area contributed by atoms with Crippen LogP contribution in [0.2, 0.25) is 10.0 Å². The van der Waals surface area contributed by atoms with E-state index in [4.69, 9.17) is 23.2 Å². The zero-order valence-electron chi connectivity index (χ0n) is 11.3.